The lowest BCUT2D eigenvalue weighted by Crippen LogP contribution is -1.98. The maximum absolute atomic E-state index is 11.1. The predicted octanol–water partition coefficient (Wildman–Crippen LogP) is 3.94. The Bertz CT molecular complexity index is 670. The number of nitrogens with zero attached hydrogens (tertiary/aromatic N) is 3. The highest BCUT2D eigenvalue weighted by Gasteiger charge is 2.18. The molecule has 1 aromatic heterocycles. The minimum Gasteiger partial charge on any atom is -0.347 e. The second kappa shape index (κ2) is 5.68. The van der Waals surface area contributed by atoms with E-state index in [1.807, 2.05) is 6.92 Å². The van der Waals surface area contributed by atoms with Gasteiger partial charge in [0.1, 0.15) is 5.69 Å². The van der Waals surface area contributed by atoms with Crippen molar-refractivity contribution in [1.29, 1.82) is 0 Å². The summed E-state index contributed by atoms with van der Waals surface area (Å²) in [4.78, 5) is 10.6. The van der Waals surface area contributed by atoms with Gasteiger partial charge in [0.2, 0.25) is 0 Å². The van der Waals surface area contributed by atoms with E-state index < -0.39 is 4.92 Å². The van der Waals surface area contributed by atoms with Crippen LogP contribution < -0.4 is 5.32 Å². The van der Waals surface area contributed by atoms with Crippen LogP contribution in [-0.2, 0) is 13.5 Å². The normalized spacial score (nSPS) is 10.6. The zero-order chi connectivity index (χ0) is 14.9. The fourth-order valence-electron chi connectivity index (χ4n) is 1.83. The van der Waals surface area contributed by atoms with E-state index in [0.29, 0.717) is 12.1 Å². The summed E-state index contributed by atoms with van der Waals surface area (Å²) in [5, 5.41) is 18.7. The minimum atomic E-state index is -0.507. The molecule has 0 fully saturated rings. The number of halogens is 2. The highest BCUT2D eigenvalue weighted by Crippen LogP contribution is 2.36. The molecule has 0 atom stereocenters. The Hall–Kier alpha value is -1.79. The van der Waals surface area contributed by atoms with Crippen LogP contribution in [0.1, 0.15) is 12.6 Å². The van der Waals surface area contributed by atoms with E-state index in [9.17, 15) is 10.1 Å². The molecule has 0 radical (unpaired) electrons. The van der Waals surface area contributed by atoms with E-state index in [1.54, 1.807) is 17.9 Å². The van der Waals surface area contributed by atoms with Crippen molar-refractivity contribution in [2.45, 2.75) is 13.3 Å². The van der Waals surface area contributed by atoms with Crippen LogP contribution in [0.15, 0.2) is 18.3 Å². The summed E-state index contributed by atoms with van der Waals surface area (Å²) in [6.45, 7) is 1.96. The second-order valence-corrected chi connectivity index (χ2v) is 5.00. The molecule has 106 valence electrons. The molecule has 6 nitrogen and oxygen atoms in total. The molecule has 0 bridgehead atoms. The van der Waals surface area contributed by atoms with Crippen LogP contribution in [0.4, 0.5) is 17.1 Å². The molecule has 20 heavy (non-hydrogen) atoms. The van der Waals surface area contributed by atoms with Crippen molar-refractivity contribution in [3.8, 4) is 0 Å². The molecule has 0 aliphatic rings. The molecule has 2 rings (SSSR count). The molecule has 8 heteroatoms. The first-order chi connectivity index (χ1) is 9.42. The molecule has 0 saturated heterocycles. The molecule has 0 saturated carbocycles. The second-order valence-electron chi connectivity index (χ2n) is 4.18. The average molecular weight is 315 g/mol. The van der Waals surface area contributed by atoms with Gasteiger partial charge in [0, 0.05) is 19.3 Å². The molecule has 0 aliphatic carbocycles. The number of hydrogen-bond acceptors (Lipinski definition) is 4. The van der Waals surface area contributed by atoms with Crippen molar-refractivity contribution in [2.24, 2.45) is 7.05 Å². The number of hydrogen-bond donors (Lipinski definition) is 1. The maximum atomic E-state index is 11.1. The number of nitrogens with one attached hydrogen (secondary N) is 1. The van der Waals surface area contributed by atoms with Gasteiger partial charge in [0.05, 0.1) is 26.3 Å². The maximum Gasteiger partial charge on any atom is 0.294 e. The van der Waals surface area contributed by atoms with Crippen molar-refractivity contribution >= 4 is 40.3 Å². The van der Waals surface area contributed by atoms with Crippen molar-refractivity contribution in [2.75, 3.05) is 5.32 Å². The van der Waals surface area contributed by atoms with E-state index in [4.69, 9.17) is 23.2 Å². The lowest BCUT2D eigenvalue weighted by Gasteiger charge is -2.08. The van der Waals surface area contributed by atoms with E-state index >= 15 is 0 Å². The van der Waals surface area contributed by atoms with Crippen molar-refractivity contribution in [1.82, 2.24) is 9.78 Å². The molecule has 1 aromatic carbocycles. The van der Waals surface area contributed by atoms with E-state index in [2.05, 4.69) is 10.4 Å². The van der Waals surface area contributed by atoms with Gasteiger partial charge in [0.15, 0.2) is 0 Å². The molecule has 0 aliphatic heterocycles. The van der Waals surface area contributed by atoms with E-state index in [-0.39, 0.29) is 21.4 Å². The largest absolute Gasteiger partial charge is 0.347 e. The predicted molar refractivity (Wildman–Crippen MR) is 79.0 cm³/mol. The molecule has 0 spiro atoms. The Morgan fingerprint density at radius 1 is 1.35 bits per heavy atom. The number of aryl methyl sites for hydroxylation is 2. The molecule has 2 aromatic rings. The first-order valence-electron chi connectivity index (χ1n) is 5.85. The smallest absolute Gasteiger partial charge is 0.294 e. The van der Waals surface area contributed by atoms with Crippen LogP contribution in [0.2, 0.25) is 10.0 Å². The summed E-state index contributed by atoms with van der Waals surface area (Å²) in [7, 11) is 1.79. The van der Waals surface area contributed by atoms with Gasteiger partial charge < -0.3 is 5.32 Å². The molecule has 0 unspecified atom stereocenters. The zero-order valence-corrected chi connectivity index (χ0v) is 12.4. The average Bonchev–Trinajstić information content (AvgIpc) is 2.73. The quantitative estimate of drug-likeness (QED) is 0.685. The van der Waals surface area contributed by atoms with Crippen molar-refractivity contribution in [3.05, 3.63) is 44.2 Å². The summed E-state index contributed by atoms with van der Waals surface area (Å²) in [6.07, 6.45) is 2.46. The van der Waals surface area contributed by atoms with Gasteiger partial charge >= 0.3 is 0 Å². The summed E-state index contributed by atoms with van der Waals surface area (Å²) in [6, 6.07) is 2.67. The highest BCUT2D eigenvalue weighted by molar-refractivity contribution is 6.42. The number of aromatic nitrogens is 2. The fraction of sp³-hybridized carbons (Fsp3) is 0.250. The topological polar surface area (TPSA) is 73.0 Å². The first-order valence-corrected chi connectivity index (χ1v) is 6.61. The van der Waals surface area contributed by atoms with Gasteiger partial charge in [-0.25, -0.2) is 0 Å². The number of rotatable bonds is 4. The number of anilines is 2. The third-order valence-corrected chi connectivity index (χ3v) is 3.47. The van der Waals surface area contributed by atoms with Crippen LogP contribution in [0.3, 0.4) is 0 Å². The minimum absolute atomic E-state index is 0.134. The van der Waals surface area contributed by atoms with E-state index in [1.165, 1.54) is 12.1 Å². The van der Waals surface area contributed by atoms with Crippen LogP contribution in [-0.4, -0.2) is 14.7 Å². The summed E-state index contributed by atoms with van der Waals surface area (Å²) in [5.74, 6) is 0. The van der Waals surface area contributed by atoms with Gasteiger partial charge in [0.25, 0.3) is 5.69 Å². The fourth-order valence-corrected chi connectivity index (χ4v) is 2.15. The van der Waals surface area contributed by atoms with Gasteiger partial charge in [-0.3, -0.25) is 14.8 Å². The summed E-state index contributed by atoms with van der Waals surface area (Å²) < 4.78 is 1.64. The molecular formula is C12H12Cl2N4O2. The summed E-state index contributed by atoms with van der Waals surface area (Å²) in [5.41, 5.74) is 1.67. The summed E-state index contributed by atoms with van der Waals surface area (Å²) >= 11 is 11.7. The van der Waals surface area contributed by atoms with Gasteiger partial charge in [-0.2, -0.15) is 5.10 Å². The van der Waals surface area contributed by atoms with E-state index in [0.717, 1.165) is 5.69 Å². The molecular weight excluding hydrogens is 303 g/mol. The molecule has 1 N–H and O–H groups in total. The Kier molecular flexibility index (Phi) is 4.15. The molecule has 0 amide bonds. The number of nitro benzene ring substituents is 1. The van der Waals surface area contributed by atoms with Gasteiger partial charge in [-0.05, 0) is 12.5 Å². The Morgan fingerprint density at radius 2 is 2.00 bits per heavy atom. The number of nitro groups is 1. The zero-order valence-electron chi connectivity index (χ0n) is 10.9. The number of benzene rings is 1. The lowest BCUT2D eigenvalue weighted by molar-refractivity contribution is -0.383. The van der Waals surface area contributed by atoms with Crippen LogP contribution in [0.25, 0.3) is 0 Å². The standard InChI is InChI=1S/C12H12Cl2N4O2/c1-3-9-11(6-17(2)16-9)15-10-4-7(13)8(14)5-12(10)18(19)20/h4-6,15H,3H2,1-2H3. The third-order valence-electron chi connectivity index (χ3n) is 2.74. The van der Waals surface area contributed by atoms with Gasteiger partial charge in [-0.1, -0.05) is 30.1 Å². The van der Waals surface area contributed by atoms with Crippen molar-refractivity contribution in [3.63, 3.8) is 0 Å². The third kappa shape index (κ3) is 2.86. The Labute approximate surface area is 125 Å². The Morgan fingerprint density at radius 3 is 2.60 bits per heavy atom. The first kappa shape index (κ1) is 14.6. The SMILES string of the molecule is CCc1nn(C)cc1Nc1cc(Cl)c(Cl)cc1[N+](=O)[O-]. The monoisotopic (exact) mass is 314 g/mol. The molecule has 1 heterocycles. The van der Waals surface area contributed by atoms with Crippen molar-refractivity contribution < 1.29 is 4.92 Å². The Balaban J connectivity index is 2.47. The van der Waals surface area contributed by atoms with Crippen LogP contribution >= 0.6 is 23.2 Å². The van der Waals surface area contributed by atoms with Gasteiger partial charge in [-0.15, -0.1) is 0 Å². The highest BCUT2D eigenvalue weighted by atomic mass is 35.5. The van der Waals surface area contributed by atoms with Crippen LogP contribution in [0, 0.1) is 10.1 Å². The lowest BCUT2D eigenvalue weighted by atomic mass is 10.2. The van der Waals surface area contributed by atoms with Crippen LogP contribution in [0.5, 0.6) is 0 Å².